The largest absolute Gasteiger partial charge is 0.319 e. The Morgan fingerprint density at radius 2 is 1.29 bits per heavy atom. The van der Waals surface area contributed by atoms with Crippen molar-refractivity contribution in [2.75, 3.05) is 0 Å². The summed E-state index contributed by atoms with van der Waals surface area (Å²) in [4.78, 5) is 16.8. The molecule has 6 heteroatoms. The van der Waals surface area contributed by atoms with Crippen molar-refractivity contribution in [3.8, 4) is 39.6 Å². The highest BCUT2D eigenvalue weighted by atomic mass is 32.1. The molecule has 1 N–H and O–H groups in total. The molecule has 0 atom stereocenters. The highest BCUT2D eigenvalue weighted by Crippen LogP contribution is 2.44. The summed E-state index contributed by atoms with van der Waals surface area (Å²) in [7, 11) is 0. The van der Waals surface area contributed by atoms with Gasteiger partial charge in [0.25, 0.3) is 5.56 Å². The van der Waals surface area contributed by atoms with Gasteiger partial charge in [0, 0.05) is 22.1 Å². The summed E-state index contributed by atoms with van der Waals surface area (Å²) in [6.45, 7) is 0. The quantitative estimate of drug-likeness (QED) is 0.334. The van der Waals surface area contributed by atoms with E-state index >= 15 is 0 Å². The molecule has 34 heavy (non-hydrogen) atoms. The number of aromatic nitrogens is 3. The summed E-state index contributed by atoms with van der Waals surface area (Å²) in [6.07, 6.45) is 0. The lowest BCUT2D eigenvalue weighted by atomic mass is 9.95. The van der Waals surface area contributed by atoms with Gasteiger partial charge in [-0.1, -0.05) is 91.0 Å². The predicted molar refractivity (Wildman–Crippen MR) is 137 cm³/mol. The Balaban J connectivity index is 1.82. The molecule has 0 spiro atoms. The van der Waals surface area contributed by atoms with Crippen molar-refractivity contribution in [1.29, 1.82) is 5.26 Å². The summed E-state index contributed by atoms with van der Waals surface area (Å²) in [5, 5.41) is 19.8. The Kier molecular flexibility index (Phi) is 4.76. The van der Waals surface area contributed by atoms with Gasteiger partial charge in [-0.3, -0.25) is 4.79 Å². The van der Waals surface area contributed by atoms with E-state index in [0.717, 1.165) is 38.0 Å². The molecular weight excluding hydrogens is 440 g/mol. The van der Waals surface area contributed by atoms with Gasteiger partial charge in [-0.05, 0) is 11.1 Å². The van der Waals surface area contributed by atoms with E-state index in [2.05, 4.69) is 21.3 Å². The van der Waals surface area contributed by atoms with Crippen LogP contribution < -0.4 is 5.56 Å². The van der Waals surface area contributed by atoms with Crippen molar-refractivity contribution in [1.82, 2.24) is 15.2 Å². The Morgan fingerprint density at radius 1 is 0.735 bits per heavy atom. The molecule has 160 valence electrons. The Bertz CT molecular complexity index is 1770. The van der Waals surface area contributed by atoms with Gasteiger partial charge in [0.2, 0.25) is 0 Å². The highest BCUT2D eigenvalue weighted by Gasteiger charge is 2.23. The number of nitrogens with zero attached hydrogens (tertiary/aromatic N) is 3. The average molecular weight is 457 g/mol. The number of hydrogen-bond donors (Lipinski definition) is 1. The van der Waals surface area contributed by atoms with Crippen molar-refractivity contribution in [2.24, 2.45) is 0 Å². The molecule has 6 aromatic rings. The molecule has 0 aliphatic carbocycles. The van der Waals surface area contributed by atoms with Crippen LogP contribution in [0, 0.1) is 11.3 Å². The van der Waals surface area contributed by atoms with Crippen LogP contribution in [0.25, 0.3) is 53.9 Å². The second kappa shape index (κ2) is 8.07. The predicted octanol–water partition coefficient (Wildman–Crippen LogP) is 6.41. The van der Waals surface area contributed by atoms with Gasteiger partial charge in [0.1, 0.15) is 22.2 Å². The average Bonchev–Trinajstić information content (AvgIpc) is 3.26. The topological polar surface area (TPSA) is 82.4 Å². The van der Waals surface area contributed by atoms with Gasteiger partial charge < -0.3 is 4.98 Å². The van der Waals surface area contributed by atoms with Gasteiger partial charge in [0.15, 0.2) is 0 Å². The smallest absolute Gasteiger partial charge is 0.267 e. The maximum atomic E-state index is 13.1. The second-order valence-corrected chi connectivity index (χ2v) is 8.82. The molecule has 0 fully saturated rings. The Hall–Kier alpha value is -4.60. The molecule has 0 aliphatic rings. The van der Waals surface area contributed by atoms with E-state index in [-0.39, 0.29) is 5.56 Å². The molecule has 6 rings (SSSR count). The monoisotopic (exact) mass is 456 g/mol. The standard InChI is InChI=1S/C28H16N4OS/c29-16-20-21(17-10-4-1-5-11-17)26-25(30-27(20)33)23-22(18-12-6-2-7-13-18)24(31-32-28(23)34-26)19-14-8-3-9-15-19/h1-15H,(H,30,33). The minimum Gasteiger partial charge on any atom is -0.319 e. The maximum absolute atomic E-state index is 13.1. The molecule has 0 aliphatic heterocycles. The minimum absolute atomic E-state index is 0.0998. The van der Waals surface area contributed by atoms with Crippen LogP contribution in [-0.4, -0.2) is 15.2 Å². The zero-order valence-electron chi connectivity index (χ0n) is 17.8. The third-order valence-corrected chi connectivity index (χ3v) is 6.94. The van der Waals surface area contributed by atoms with Gasteiger partial charge in [0.05, 0.1) is 10.2 Å². The molecule has 0 radical (unpaired) electrons. The number of hydrogen-bond acceptors (Lipinski definition) is 5. The fourth-order valence-corrected chi connectivity index (χ4v) is 5.51. The fourth-order valence-electron chi connectivity index (χ4n) is 4.35. The molecular formula is C28H16N4OS. The zero-order chi connectivity index (χ0) is 23.1. The molecule has 5 nitrogen and oxygen atoms in total. The third-order valence-electron chi connectivity index (χ3n) is 5.84. The molecule has 3 heterocycles. The molecule has 3 aromatic heterocycles. The lowest BCUT2D eigenvalue weighted by Crippen LogP contribution is -2.11. The first kappa shape index (κ1) is 20.0. The zero-order valence-corrected chi connectivity index (χ0v) is 18.6. The second-order valence-electron chi connectivity index (χ2n) is 7.82. The van der Waals surface area contributed by atoms with Crippen LogP contribution in [0.2, 0.25) is 0 Å². The van der Waals surface area contributed by atoms with Crippen LogP contribution >= 0.6 is 11.3 Å². The van der Waals surface area contributed by atoms with Gasteiger partial charge in [-0.25, -0.2) is 0 Å². The molecule has 3 aromatic carbocycles. The highest BCUT2D eigenvalue weighted by molar-refractivity contribution is 7.26. The summed E-state index contributed by atoms with van der Waals surface area (Å²) in [6, 6.07) is 31.6. The van der Waals surface area contributed by atoms with E-state index < -0.39 is 5.56 Å². The number of fused-ring (bicyclic) bond motifs is 3. The van der Waals surface area contributed by atoms with Crippen LogP contribution in [0.15, 0.2) is 95.8 Å². The molecule has 0 bridgehead atoms. The van der Waals surface area contributed by atoms with E-state index in [9.17, 15) is 10.1 Å². The summed E-state index contributed by atoms with van der Waals surface area (Å²) >= 11 is 1.44. The number of aromatic amines is 1. The minimum atomic E-state index is -0.411. The van der Waals surface area contributed by atoms with Crippen LogP contribution in [0.1, 0.15) is 5.56 Å². The summed E-state index contributed by atoms with van der Waals surface area (Å²) in [5.74, 6) is 0. The molecule has 0 saturated heterocycles. The van der Waals surface area contributed by atoms with Crippen LogP contribution in [-0.2, 0) is 0 Å². The number of pyridine rings is 1. The van der Waals surface area contributed by atoms with Crippen molar-refractivity contribution >= 4 is 31.8 Å². The van der Waals surface area contributed by atoms with Crippen LogP contribution in [0.4, 0.5) is 0 Å². The normalized spacial score (nSPS) is 11.0. The van der Waals surface area contributed by atoms with Crippen LogP contribution in [0.3, 0.4) is 0 Å². The van der Waals surface area contributed by atoms with E-state index in [1.165, 1.54) is 11.3 Å². The number of H-pyrrole nitrogens is 1. The first-order valence-corrected chi connectivity index (χ1v) is 11.5. The summed E-state index contributed by atoms with van der Waals surface area (Å²) < 4.78 is 0.814. The number of nitrogens with one attached hydrogen (secondary N) is 1. The van der Waals surface area contributed by atoms with Crippen molar-refractivity contribution in [3.05, 3.63) is 107 Å². The van der Waals surface area contributed by atoms with Gasteiger partial charge >= 0.3 is 0 Å². The first-order valence-electron chi connectivity index (χ1n) is 10.7. The maximum Gasteiger partial charge on any atom is 0.267 e. The van der Waals surface area contributed by atoms with Crippen molar-refractivity contribution in [3.63, 3.8) is 0 Å². The van der Waals surface area contributed by atoms with Crippen molar-refractivity contribution in [2.45, 2.75) is 0 Å². The van der Waals surface area contributed by atoms with Crippen LogP contribution in [0.5, 0.6) is 0 Å². The van der Waals surface area contributed by atoms with E-state index in [0.29, 0.717) is 15.9 Å². The Morgan fingerprint density at radius 3 is 1.88 bits per heavy atom. The SMILES string of the molecule is N#Cc1c(-c2ccccc2)c2sc3nnc(-c4ccccc4)c(-c4ccccc4)c3c2[nH]c1=O. The van der Waals surface area contributed by atoms with E-state index in [1.807, 2.05) is 91.0 Å². The van der Waals surface area contributed by atoms with E-state index in [4.69, 9.17) is 0 Å². The number of nitriles is 1. The molecule has 0 amide bonds. The summed E-state index contributed by atoms with van der Waals surface area (Å²) in [5.41, 5.74) is 5.38. The molecule has 0 saturated carbocycles. The fraction of sp³-hybridized carbons (Fsp3) is 0. The van der Waals surface area contributed by atoms with Gasteiger partial charge in [-0.2, -0.15) is 5.26 Å². The Labute approximate surface area is 198 Å². The van der Waals surface area contributed by atoms with E-state index in [1.54, 1.807) is 0 Å². The third kappa shape index (κ3) is 3.11. The van der Waals surface area contributed by atoms with Gasteiger partial charge in [-0.15, -0.1) is 21.5 Å². The number of benzene rings is 3. The first-order chi connectivity index (χ1) is 16.8. The lowest BCUT2D eigenvalue weighted by molar-refractivity contribution is 1.09. The molecule has 0 unspecified atom stereocenters. The lowest BCUT2D eigenvalue weighted by Gasteiger charge is -2.11. The number of thiophene rings is 1. The number of rotatable bonds is 3. The van der Waals surface area contributed by atoms with Crippen molar-refractivity contribution < 1.29 is 0 Å².